The predicted molar refractivity (Wildman–Crippen MR) is 78.7 cm³/mol. The highest BCUT2D eigenvalue weighted by molar-refractivity contribution is 7.07. The smallest absolute Gasteiger partial charge is 0.338 e. The first-order chi connectivity index (χ1) is 9.77. The lowest BCUT2D eigenvalue weighted by Crippen LogP contribution is -1.99. The Labute approximate surface area is 120 Å². The Morgan fingerprint density at radius 2 is 1.55 bits per heavy atom. The predicted octanol–water partition coefficient (Wildman–Crippen LogP) is 3.59. The monoisotopic (exact) mass is 284 g/mol. The molecule has 0 amide bonds. The molecule has 0 atom stereocenters. The molecule has 0 radical (unpaired) electrons. The van der Waals surface area contributed by atoms with Crippen LogP contribution in [0.2, 0.25) is 0 Å². The number of nitrogens with zero attached hydrogens (tertiary/aromatic N) is 2. The van der Waals surface area contributed by atoms with Gasteiger partial charge in [-0.15, -0.1) is 0 Å². The Kier molecular flexibility index (Phi) is 4.97. The molecule has 3 rings (SSSR count). The van der Waals surface area contributed by atoms with E-state index < -0.39 is 5.97 Å². The highest BCUT2D eigenvalue weighted by atomic mass is 32.1. The number of carboxylic acids is 1. The molecule has 0 aliphatic heterocycles. The van der Waals surface area contributed by atoms with E-state index >= 15 is 0 Å². The summed E-state index contributed by atoms with van der Waals surface area (Å²) in [5.41, 5.74) is 0.962. The lowest BCUT2D eigenvalue weighted by Gasteiger charge is -1.99. The van der Waals surface area contributed by atoms with E-state index in [9.17, 15) is 4.79 Å². The lowest BCUT2D eigenvalue weighted by atomic mass is 10.2. The first-order valence-electron chi connectivity index (χ1n) is 5.85. The van der Waals surface area contributed by atoms with Crippen LogP contribution in [0.25, 0.3) is 11.4 Å². The largest absolute Gasteiger partial charge is 0.478 e. The van der Waals surface area contributed by atoms with Crippen molar-refractivity contribution in [2.75, 3.05) is 0 Å². The molecular formula is C15H12N2O2S. The van der Waals surface area contributed by atoms with E-state index in [1.165, 1.54) is 12.4 Å². The van der Waals surface area contributed by atoms with Crippen LogP contribution in [0.1, 0.15) is 10.4 Å². The average Bonchev–Trinajstić information content (AvgIpc) is 3.08. The summed E-state index contributed by atoms with van der Waals surface area (Å²) in [6.45, 7) is 0. The third-order valence-electron chi connectivity index (χ3n) is 2.36. The molecule has 0 saturated carbocycles. The molecule has 100 valence electrons. The molecule has 1 aromatic carbocycles. The number of rotatable bonds is 2. The maximum Gasteiger partial charge on any atom is 0.338 e. The fourth-order valence-corrected chi connectivity index (χ4v) is 1.86. The second-order valence-corrected chi connectivity index (χ2v) is 4.58. The summed E-state index contributed by atoms with van der Waals surface area (Å²) >= 11 is 1.71. The van der Waals surface area contributed by atoms with Gasteiger partial charge in [0.15, 0.2) is 5.82 Å². The molecule has 0 bridgehead atoms. The highest BCUT2D eigenvalue weighted by Gasteiger charge is 2.04. The van der Waals surface area contributed by atoms with Gasteiger partial charge in [-0.1, -0.05) is 42.5 Å². The Balaban J connectivity index is 0.000000247. The van der Waals surface area contributed by atoms with Crippen LogP contribution in [0, 0.1) is 0 Å². The van der Waals surface area contributed by atoms with E-state index in [2.05, 4.69) is 9.97 Å². The molecule has 1 N–H and O–H groups in total. The summed E-state index contributed by atoms with van der Waals surface area (Å²) in [4.78, 5) is 18.5. The van der Waals surface area contributed by atoms with Crippen LogP contribution < -0.4 is 0 Å². The molecule has 2 aromatic heterocycles. The van der Waals surface area contributed by atoms with Crippen molar-refractivity contribution in [3.05, 3.63) is 71.2 Å². The number of carboxylic acid groups (broad SMARTS) is 1. The van der Waals surface area contributed by atoms with Crippen LogP contribution in [0.4, 0.5) is 0 Å². The number of carbonyl (C=O) groups is 1. The van der Waals surface area contributed by atoms with Crippen molar-refractivity contribution in [1.82, 2.24) is 9.97 Å². The van der Waals surface area contributed by atoms with Crippen molar-refractivity contribution in [1.29, 1.82) is 0 Å². The molecule has 0 saturated heterocycles. The second kappa shape index (κ2) is 7.16. The number of hydrogen-bond acceptors (Lipinski definition) is 4. The summed E-state index contributed by atoms with van der Waals surface area (Å²) in [6, 6.07) is 13.4. The summed E-state index contributed by atoms with van der Waals surface area (Å²) in [6.07, 6.45) is 2.61. The van der Waals surface area contributed by atoms with Gasteiger partial charge in [0, 0.05) is 18.0 Å². The molecule has 0 spiro atoms. The molecule has 4 nitrogen and oxygen atoms in total. The number of benzene rings is 1. The Hall–Kier alpha value is -2.53. The molecule has 5 heteroatoms. The van der Waals surface area contributed by atoms with Gasteiger partial charge in [-0.3, -0.25) is 0 Å². The average molecular weight is 284 g/mol. The minimum Gasteiger partial charge on any atom is -0.478 e. The van der Waals surface area contributed by atoms with Gasteiger partial charge in [0.2, 0.25) is 0 Å². The molecule has 0 fully saturated rings. The van der Waals surface area contributed by atoms with Crippen molar-refractivity contribution in [3.8, 4) is 11.4 Å². The zero-order valence-corrected chi connectivity index (χ0v) is 11.3. The lowest BCUT2D eigenvalue weighted by molar-refractivity contribution is 0.0696. The van der Waals surface area contributed by atoms with Crippen LogP contribution in [0.3, 0.4) is 0 Å². The van der Waals surface area contributed by atoms with Crippen molar-refractivity contribution in [3.63, 3.8) is 0 Å². The van der Waals surface area contributed by atoms with Crippen LogP contribution in [-0.2, 0) is 0 Å². The molecule has 0 aliphatic carbocycles. The van der Waals surface area contributed by atoms with Crippen LogP contribution in [0.15, 0.2) is 65.6 Å². The number of aromatic carboxylic acids is 1. The molecule has 20 heavy (non-hydrogen) atoms. The minimum absolute atomic E-state index is 0.0923. The third kappa shape index (κ3) is 4.00. The molecule has 3 aromatic rings. The quantitative estimate of drug-likeness (QED) is 0.781. The summed E-state index contributed by atoms with van der Waals surface area (Å²) in [7, 11) is 0. The van der Waals surface area contributed by atoms with Crippen molar-refractivity contribution < 1.29 is 9.90 Å². The van der Waals surface area contributed by atoms with Gasteiger partial charge in [-0.2, -0.15) is 11.3 Å². The highest BCUT2D eigenvalue weighted by Crippen LogP contribution is 2.12. The Morgan fingerprint density at radius 3 is 2.00 bits per heavy atom. The Morgan fingerprint density at radius 1 is 0.950 bits per heavy atom. The van der Waals surface area contributed by atoms with Gasteiger partial charge in [-0.25, -0.2) is 14.8 Å². The fraction of sp³-hybridized carbons (Fsp3) is 0. The van der Waals surface area contributed by atoms with Crippen molar-refractivity contribution in [2.24, 2.45) is 0 Å². The van der Waals surface area contributed by atoms with E-state index in [1.54, 1.807) is 11.3 Å². The molecule has 0 aliphatic rings. The number of hydrogen-bond donors (Lipinski definition) is 1. The second-order valence-electron chi connectivity index (χ2n) is 3.76. The number of thiophene rings is 1. The van der Waals surface area contributed by atoms with Crippen LogP contribution in [-0.4, -0.2) is 21.0 Å². The van der Waals surface area contributed by atoms with Gasteiger partial charge >= 0.3 is 5.97 Å². The van der Waals surface area contributed by atoms with Gasteiger partial charge in [0.1, 0.15) is 0 Å². The van der Waals surface area contributed by atoms with Crippen molar-refractivity contribution >= 4 is 17.3 Å². The normalized spacial score (nSPS) is 9.40. The first-order valence-corrected chi connectivity index (χ1v) is 6.79. The third-order valence-corrected chi connectivity index (χ3v) is 2.98. The standard InChI is InChI=1S/C11H8N2O2.C4H4S/c14-11(15)9-6-12-10(13-7-9)8-4-2-1-3-5-8;1-2-4-5-3-1/h1-7H,(H,14,15);1-4H. The van der Waals surface area contributed by atoms with Crippen LogP contribution >= 0.6 is 11.3 Å². The minimum atomic E-state index is -1.02. The maximum absolute atomic E-state index is 10.6. The number of aromatic nitrogens is 2. The first kappa shape index (κ1) is 13.9. The van der Waals surface area contributed by atoms with E-state index in [4.69, 9.17) is 5.11 Å². The van der Waals surface area contributed by atoms with E-state index in [-0.39, 0.29) is 5.56 Å². The topological polar surface area (TPSA) is 63.1 Å². The molecule has 0 unspecified atom stereocenters. The summed E-state index contributed by atoms with van der Waals surface area (Å²) in [5.74, 6) is -0.491. The van der Waals surface area contributed by atoms with E-state index in [0.29, 0.717) is 5.82 Å². The summed E-state index contributed by atoms with van der Waals surface area (Å²) in [5, 5.41) is 12.7. The van der Waals surface area contributed by atoms with Crippen LogP contribution in [0.5, 0.6) is 0 Å². The SMILES string of the molecule is O=C(O)c1cnc(-c2ccccc2)nc1.c1ccsc1. The maximum atomic E-state index is 10.6. The van der Waals surface area contributed by atoms with Gasteiger partial charge in [0.05, 0.1) is 5.56 Å². The van der Waals surface area contributed by atoms with Gasteiger partial charge in [0.25, 0.3) is 0 Å². The zero-order valence-electron chi connectivity index (χ0n) is 10.5. The zero-order chi connectivity index (χ0) is 14.2. The van der Waals surface area contributed by atoms with Gasteiger partial charge in [-0.05, 0) is 10.8 Å². The van der Waals surface area contributed by atoms with Crippen molar-refractivity contribution in [2.45, 2.75) is 0 Å². The molecular weight excluding hydrogens is 272 g/mol. The molecule has 2 heterocycles. The van der Waals surface area contributed by atoms with Gasteiger partial charge < -0.3 is 5.11 Å². The summed E-state index contributed by atoms with van der Waals surface area (Å²) < 4.78 is 0. The van der Waals surface area contributed by atoms with E-state index in [1.807, 2.05) is 53.2 Å². The Bertz CT molecular complexity index is 620. The van der Waals surface area contributed by atoms with E-state index in [0.717, 1.165) is 5.56 Å². The fourth-order valence-electron chi connectivity index (χ4n) is 1.40.